The lowest BCUT2D eigenvalue weighted by Gasteiger charge is -2.45. The van der Waals surface area contributed by atoms with Gasteiger partial charge >= 0.3 is 0 Å². The highest BCUT2D eigenvalue weighted by Gasteiger charge is 2.52. The molecule has 0 aromatic heterocycles. The highest BCUT2D eigenvalue weighted by molar-refractivity contribution is 7.20. The molecule has 66 heavy (non-hydrogen) atoms. The van der Waals surface area contributed by atoms with Crippen LogP contribution in [-0.4, -0.2) is 18.2 Å². The van der Waals surface area contributed by atoms with Crippen molar-refractivity contribution in [3.63, 3.8) is 0 Å². The molecule has 22 heteroatoms. The van der Waals surface area contributed by atoms with Crippen LogP contribution < -0.4 is 27.2 Å². The Labute approximate surface area is 364 Å². The van der Waals surface area contributed by atoms with Crippen molar-refractivity contribution < 1.29 is 93.1 Å². The van der Waals surface area contributed by atoms with Crippen molar-refractivity contribution in [3.8, 4) is 0 Å². The first-order chi connectivity index (χ1) is 30.7. The number of halogens is 20. The average molecular weight is 974 g/mol. The largest absolute Gasteiger partial charge is 0.341 e. The maximum atomic E-state index is 15.4. The zero-order valence-electron chi connectivity index (χ0n) is 35.4. The standard InChI is InChI=1S/C24BF20.C20H39N/c26-5-1(6(27)14(35)21(42)13(5)34)25(2-7(28)15(36)22(43)16(37)8(2)29,3-9(30)17(38)23(44)18(39)10(3)31)4-11(32)19(40)24(45)20(41)12(4)33;1-5-17(19(3)13-9-7-10-14-19)21-18(6-2)20(4)15-11-8-12-16-20/h;17-18,21H,5-16H2,1-4H3/q-1;/p+1. The average Bonchev–Trinajstić information content (AvgIpc) is 3.29. The van der Waals surface area contributed by atoms with Crippen LogP contribution >= 0.6 is 0 Å². The third kappa shape index (κ3) is 8.42. The Bertz CT molecular complexity index is 2090. The van der Waals surface area contributed by atoms with Gasteiger partial charge < -0.3 is 5.32 Å². The number of quaternary nitrogens is 1. The van der Waals surface area contributed by atoms with E-state index in [1.165, 1.54) is 77.0 Å². The van der Waals surface area contributed by atoms with Crippen LogP contribution in [0.1, 0.15) is 105 Å². The molecule has 2 saturated carbocycles. The van der Waals surface area contributed by atoms with Gasteiger partial charge in [0.05, 0.1) is 12.1 Å². The van der Waals surface area contributed by atoms with Gasteiger partial charge in [-0.1, -0.05) is 66.2 Å². The quantitative estimate of drug-likeness (QED) is 0.0706. The van der Waals surface area contributed by atoms with E-state index in [-0.39, 0.29) is 0 Å². The summed E-state index contributed by atoms with van der Waals surface area (Å²) in [5.74, 6) is -71.4. The minimum Gasteiger partial charge on any atom is -0.341 e. The first-order valence-electron chi connectivity index (χ1n) is 20.8. The number of nitrogens with two attached hydrogens (primary N) is 1. The number of hydrogen-bond acceptors (Lipinski definition) is 0. The summed E-state index contributed by atoms with van der Waals surface area (Å²) in [7, 11) is 0. The van der Waals surface area contributed by atoms with E-state index < -0.39 is 144 Å². The molecule has 4 aromatic rings. The third-order valence-electron chi connectivity index (χ3n) is 13.8. The fourth-order valence-corrected chi connectivity index (χ4v) is 10.3. The normalized spacial score (nSPS) is 17.1. The van der Waals surface area contributed by atoms with Gasteiger partial charge in [-0.3, -0.25) is 0 Å². The van der Waals surface area contributed by atoms with Gasteiger partial charge in [-0.15, -0.1) is 21.9 Å². The second-order valence-electron chi connectivity index (χ2n) is 17.5. The maximum Gasteiger partial charge on any atom is 0.200 e. The summed E-state index contributed by atoms with van der Waals surface area (Å²) in [4.78, 5) is 0. The van der Waals surface area contributed by atoms with Crippen molar-refractivity contribution in [3.05, 3.63) is 116 Å². The van der Waals surface area contributed by atoms with Crippen molar-refractivity contribution in [1.82, 2.24) is 0 Å². The summed E-state index contributed by atoms with van der Waals surface area (Å²) in [6, 6.07) is 1.70. The molecule has 2 aliphatic carbocycles. The van der Waals surface area contributed by atoms with Crippen LogP contribution in [0.15, 0.2) is 0 Å². The van der Waals surface area contributed by atoms with Gasteiger partial charge in [0.25, 0.3) is 0 Å². The molecule has 0 heterocycles. The molecule has 0 bridgehead atoms. The van der Waals surface area contributed by atoms with E-state index >= 15 is 35.1 Å². The molecule has 0 radical (unpaired) electrons. The van der Waals surface area contributed by atoms with Crippen LogP contribution in [0.5, 0.6) is 0 Å². The van der Waals surface area contributed by atoms with E-state index in [1.54, 1.807) is 0 Å². The lowest BCUT2D eigenvalue weighted by molar-refractivity contribution is -0.746. The van der Waals surface area contributed by atoms with E-state index in [0.717, 1.165) is 12.1 Å². The summed E-state index contributed by atoms with van der Waals surface area (Å²) in [6.07, 6.45) is 10.2. The molecule has 2 atom stereocenters. The van der Waals surface area contributed by atoms with Gasteiger partial charge in [-0.2, -0.15) is 0 Å². The minimum atomic E-state index is -7.22. The van der Waals surface area contributed by atoms with Gasteiger partial charge in [0, 0.05) is 10.8 Å². The molecule has 2 unspecified atom stereocenters. The molecule has 0 saturated heterocycles. The van der Waals surface area contributed by atoms with E-state index in [4.69, 9.17) is 0 Å². The van der Waals surface area contributed by atoms with E-state index in [9.17, 15) is 52.7 Å². The van der Waals surface area contributed by atoms with Crippen LogP contribution in [0.4, 0.5) is 87.8 Å². The van der Waals surface area contributed by atoms with Crippen molar-refractivity contribution in [1.29, 1.82) is 0 Å². The molecule has 2 aliphatic rings. The van der Waals surface area contributed by atoms with Gasteiger partial charge in [-0.05, 0) is 38.5 Å². The second kappa shape index (κ2) is 19.6. The highest BCUT2D eigenvalue weighted by Crippen LogP contribution is 2.42. The van der Waals surface area contributed by atoms with E-state index in [2.05, 4.69) is 33.0 Å². The van der Waals surface area contributed by atoms with Gasteiger partial charge in [0.2, 0.25) is 0 Å². The molecule has 364 valence electrons. The van der Waals surface area contributed by atoms with Gasteiger partial charge in [-0.25, -0.2) is 87.8 Å². The minimum absolute atomic E-state index is 0.603. The van der Waals surface area contributed by atoms with Gasteiger partial charge in [0.1, 0.15) is 52.7 Å². The summed E-state index contributed by atoms with van der Waals surface area (Å²) in [6.45, 7) is 10.0. The molecular formula is C44H40BF20N. The molecule has 6 rings (SSSR count). The smallest absolute Gasteiger partial charge is 0.200 e. The summed E-state index contributed by atoms with van der Waals surface area (Å²) in [5.41, 5.74) is -13.1. The Morgan fingerprint density at radius 1 is 0.318 bits per heavy atom. The first kappa shape index (κ1) is 52.5. The summed E-state index contributed by atoms with van der Waals surface area (Å²) < 4.78 is 294. The lowest BCUT2D eigenvalue weighted by Crippen LogP contribution is -2.99. The fraction of sp³-hybridized carbons (Fsp3) is 0.455. The molecular weight excluding hydrogens is 933 g/mol. The SMILES string of the molecule is CCC([NH2+]C(CC)C1(C)CCCCC1)C1(C)CCCCC1.Fc1c(F)c(F)c([B-](c2c(F)c(F)c(F)c(F)c2F)(c2c(F)c(F)c(F)c(F)c2F)c2c(F)c(F)c(F)c(F)c2F)c(F)c1F. The second-order valence-corrected chi connectivity index (χ2v) is 17.5. The summed E-state index contributed by atoms with van der Waals surface area (Å²) >= 11 is 0. The molecule has 1 nitrogen and oxygen atoms in total. The highest BCUT2D eigenvalue weighted by atomic mass is 19.2. The maximum absolute atomic E-state index is 15.4. The number of benzene rings is 4. The van der Waals surface area contributed by atoms with Crippen LogP contribution in [0.3, 0.4) is 0 Å². The Morgan fingerprint density at radius 2 is 0.485 bits per heavy atom. The Morgan fingerprint density at radius 3 is 0.652 bits per heavy atom. The van der Waals surface area contributed by atoms with Crippen molar-refractivity contribution in [2.24, 2.45) is 10.8 Å². The van der Waals surface area contributed by atoms with E-state index in [1.807, 2.05) is 0 Å². The van der Waals surface area contributed by atoms with Crippen LogP contribution in [0.2, 0.25) is 0 Å². The fourth-order valence-electron chi connectivity index (χ4n) is 10.3. The molecule has 0 aliphatic heterocycles. The summed E-state index contributed by atoms with van der Waals surface area (Å²) in [5, 5.41) is 2.84. The van der Waals surface area contributed by atoms with E-state index in [0.29, 0.717) is 10.8 Å². The molecule has 2 fully saturated rings. The predicted octanol–water partition coefficient (Wildman–Crippen LogP) is 10.9. The molecule has 2 N–H and O–H groups in total. The monoisotopic (exact) mass is 973 g/mol. The third-order valence-corrected chi connectivity index (χ3v) is 13.8. The Balaban J connectivity index is 0.000000324. The van der Waals surface area contributed by atoms with Crippen LogP contribution in [0.25, 0.3) is 0 Å². The van der Waals surface area contributed by atoms with Crippen LogP contribution in [0, 0.1) is 127 Å². The lowest BCUT2D eigenvalue weighted by atomic mass is 9.12. The molecule has 4 aromatic carbocycles. The number of hydrogen-bond donors (Lipinski definition) is 1. The van der Waals surface area contributed by atoms with Crippen molar-refractivity contribution >= 4 is 28.0 Å². The van der Waals surface area contributed by atoms with Crippen molar-refractivity contribution in [2.75, 3.05) is 0 Å². The first-order valence-corrected chi connectivity index (χ1v) is 20.8. The van der Waals surface area contributed by atoms with Crippen molar-refractivity contribution in [2.45, 2.75) is 117 Å². The van der Waals surface area contributed by atoms with Gasteiger partial charge in [0.15, 0.2) is 69.8 Å². The zero-order chi connectivity index (χ0) is 49.7. The zero-order valence-corrected chi connectivity index (χ0v) is 35.4. The topological polar surface area (TPSA) is 16.6 Å². The molecule has 0 spiro atoms. The predicted molar refractivity (Wildman–Crippen MR) is 202 cm³/mol. The Hall–Kier alpha value is -4.50. The Kier molecular flexibility index (Phi) is 15.6. The van der Waals surface area contributed by atoms with Crippen LogP contribution in [-0.2, 0) is 0 Å². The number of rotatable bonds is 10. The molecule has 0 amide bonds.